The molecule has 4 aromatic carbocycles. The highest BCUT2D eigenvalue weighted by atomic mass is 16.7. The summed E-state index contributed by atoms with van der Waals surface area (Å²) in [6.07, 6.45) is 3.83. The summed E-state index contributed by atoms with van der Waals surface area (Å²) >= 11 is 0. The van der Waals surface area contributed by atoms with E-state index in [0.29, 0.717) is 29.9 Å². The lowest BCUT2D eigenvalue weighted by atomic mass is 9.88. The molecule has 2 aliphatic rings. The molecule has 0 amide bonds. The average Bonchev–Trinajstić information content (AvgIpc) is 3.74. The minimum Gasteiger partial charge on any atom is -0.484 e. The number of carbonyl (C=O) groups excluding carboxylic acids is 3. The molecule has 63 heavy (non-hydrogen) atoms. The Morgan fingerprint density at radius 3 is 1.98 bits per heavy atom. The van der Waals surface area contributed by atoms with Crippen LogP contribution in [-0.4, -0.2) is 71.1 Å². The number of benzene rings is 4. The van der Waals surface area contributed by atoms with Gasteiger partial charge in [-0.25, -0.2) is 19.2 Å². The van der Waals surface area contributed by atoms with Crippen LogP contribution in [0.4, 0.5) is 0 Å². The van der Waals surface area contributed by atoms with E-state index in [1.54, 1.807) is 80.6 Å². The normalized spacial score (nSPS) is 14.7. The Labute approximate surface area is 365 Å². The topological polar surface area (TPSA) is 190 Å². The van der Waals surface area contributed by atoms with Crippen molar-refractivity contribution in [1.29, 1.82) is 0 Å². The molecule has 14 heteroatoms. The minimum atomic E-state index is -1.15. The van der Waals surface area contributed by atoms with Gasteiger partial charge in [0.2, 0.25) is 6.79 Å². The maximum Gasteiger partial charge on any atom is 0.343 e. The highest BCUT2D eigenvalue weighted by Crippen LogP contribution is 2.49. The van der Waals surface area contributed by atoms with Crippen molar-refractivity contribution < 1.29 is 67.3 Å². The fourth-order valence-electron chi connectivity index (χ4n) is 7.36. The number of aliphatic carboxylic acids is 2. The molecule has 0 aromatic heterocycles. The number of esters is 2. The predicted molar refractivity (Wildman–Crippen MR) is 229 cm³/mol. The molecule has 0 bridgehead atoms. The number of ketones is 1. The van der Waals surface area contributed by atoms with E-state index in [1.807, 2.05) is 26.8 Å². The largest absolute Gasteiger partial charge is 0.484 e. The minimum absolute atomic E-state index is 0.0115. The lowest BCUT2D eigenvalue weighted by Crippen LogP contribution is -2.29. The van der Waals surface area contributed by atoms with E-state index < -0.39 is 53.6 Å². The van der Waals surface area contributed by atoms with Crippen molar-refractivity contribution in [1.82, 2.24) is 0 Å². The number of carboxylic acid groups (broad SMARTS) is 2. The van der Waals surface area contributed by atoms with Crippen LogP contribution < -0.4 is 23.7 Å². The van der Waals surface area contributed by atoms with Crippen molar-refractivity contribution in [2.45, 2.75) is 96.9 Å². The first kappa shape index (κ1) is 46.0. The Bertz CT molecular complexity index is 2360. The van der Waals surface area contributed by atoms with Crippen molar-refractivity contribution in [3.63, 3.8) is 0 Å². The summed E-state index contributed by atoms with van der Waals surface area (Å²) in [6.45, 7) is 8.24. The maximum absolute atomic E-state index is 14.6. The summed E-state index contributed by atoms with van der Waals surface area (Å²) in [4.78, 5) is 64.5. The Morgan fingerprint density at radius 2 is 1.37 bits per heavy atom. The number of carboxylic acids is 2. The number of hydrogen-bond acceptors (Lipinski definition) is 12. The summed E-state index contributed by atoms with van der Waals surface area (Å²) in [5.41, 5.74) is 1.54. The molecule has 2 heterocycles. The van der Waals surface area contributed by atoms with Gasteiger partial charge in [0.15, 0.2) is 23.0 Å². The van der Waals surface area contributed by atoms with Crippen molar-refractivity contribution in [2.24, 2.45) is 0 Å². The number of fused-ring (bicyclic) bond motifs is 2. The monoisotopic (exact) mass is 864 g/mol. The molecule has 0 radical (unpaired) electrons. The second-order valence-electron chi connectivity index (χ2n) is 16.7. The molecule has 14 nitrogen and oxygen atoms in total. The van der Waals surface area contributed by atoms with Crippen LogP contribution in [-0.2, 0) is 31.9 Å². The van der Waals surface area contributed by atoms with Crippen LogP contribution >= 0.6 is 0 Å². The third-order valence-electron chi connectivity index (χ3n) is 10.8. The lowest BCUT2D eigenvalue weighted by Gasteiger charge is -2.30. The Morgan fingerprint density at radius 1 is 0.762 bits per heavy atom. The van der Waals surface area contributed by atoms with Gasteiger partial charge in [0.25, 0.3) is 0 Å². The quantitative estimate of drug-likeness (QED) is 0.0486. The number of hydrogen-bond donors (Lipinski definition) is 2. The third kappa shape index (κ3) is 12.1. The number of carbonyl (C=O) groups is 5. The van der Waals surface area contributed by atoms with Crippen molar-refractivity contribution in [2.75, 3.05) is 20.0 Å². The Hall–Kier alpha value is -6.51. The molecule has 0 saturated carbocycles. The molecule has 2 aliphatic heterocycles. The van der Waals surface area contributed by atoms with Crippen LogP contribution in [0.15, 0.2) is 90.5 Å². The predicted octanol–water partition coefficient (Wildman–Crippen LogP) is 8.91. The van der Waals surface area contributed by atoms with E-state index >= 15 is 0 Å². The van der Waals surface area contributed by atoms with E-state index in [2.05, 4.69) is 6.08 Å². The zero-order valence-electron chi connectivity index (χ0n) is 36.0. The molecule has 0 aliphatic carbocycles. The van der Waals surface area contributed by atoms with Gasteiger partial charge in [-0.05, 0) is 103 Å². The third-order valence-corrected chi connectivity index (χ3v) is 10.8. The first-order valence-corrected chi connectivity index (χ1v) is 20.7. The second kappa shape index (κ2) is 20.1. The highest BCUT2D eigenvalue weighted by Gasteiger charge is 2.38. The van der Waals surface area contributed by atoms with Gasteiger partial charge >= 0.3 is 23.9 Å². The molecule has 2 N–H and O–H groups in total. The molecule has 332 valence electrons. The van der Waals surface area contributed by atoms with E-state index in [9.17, 15) is 29.1 Å². The van der Waals surface area contributed by atoms with Gasteiger partial charge in [-0.15, -0.1) is 0 Å². The van der Waals surface area contributed by atoms with Gasteiger partial charge in [0.05, 0.1) is 28.7 Å². The van der Waals surface area contributed by atoms with Crippen LogP contribution in [0.5, 0.6) is 28.7 Å². The zero-order valence-corrected chi connectivity index (χ0v) is 36.0. The number of rotatable bonds is 20. The van der Waals surface area contributed by atoms with Gasteiger partial charge in [-0.2, -0.15) is 0 Å². The van der Waals surface area contributed by atoms with Crippen molar-refractivity contribution >= 4 is 29.7 Å². The van der Waals surface area contributed by atoms with Crippen LogP contribution in [0, 0.1) is 0 Å². The van der Waals surface area contributed by atoms with Crippen molar-refractivity contribution in [3.05, 3.63) is 124 Å². The smallest absolute Gasteiger partial charge is 0.343 e. The Balaban J connectivity index is 1.38. The first-order valence-electron chi connectivity index (χ1n) is 20.7. The molecule has 0 fully saturated rings. The molecular formula is C49H52O14. The summed E-state index contributed by atoms with van der Waals surface area (Å²) < 4.78 is 41.8. The van der Waals surface area contributed by atoms with Gasteiger partial charge in [-0.3, -0.25) is 4.79 Å². The van der Waals surface area contributed by atoms with Crippen LogP contribution in [0.1, 0.15) is 121 Å². The molecule has 6 rings (SSSR count). The van der Waals surface area contributed by atoms with E-state index in [4.69, 9.17) is 38.3 Å². The fraction of sp³-hybridized carbons (Fsp3) is 0.367. The average molecular weight is 865 g/mol. The second-order valence-corrected chi connectivity index (χ2v) is 16.7. The number of ether oxygens (including phenoxy) is 7. The van der Waals surface area contributed by atoms with Gasteiger partial charge in [-0.1, -0.05) is 54.1 Å². The molecule has 1 unspecified atom stereocenters. The summed E-state index contributed by atoms with van der Waals surface area (Å²) in [5, 5.41) is 18.3. The lowest BCUT2D eigenvalue weighted by molar-refractivity contribution is -0.149. The summed E-state index contributed by atoms with van der Waals surface area (Å²) in [7, 11) is 0. The zero-order chi connectivity index (χ0) is 45.3. The van der Waals surface area contributed by atoms with E-state index in [-0.39, 0.29) is 72.2 Å². The summed E-state index contributed by atoms with van der Waals surface area (Å²) in [6, 6.07) is 21.6. The number of allylic oxidation sites excluding steroid dienone is 2. The molecule has 0 spiro atoms. The van der Waals surface area contributed by atoms with E-state index in [1.165, 1.54) is 6.07 Å². The molecule has 1 atom stereocenters. The maximum atomic E-state index is 14.6. The van der Waals surface area contributed by atoms with Gasteiger partial charge < -0.3 is 43.4 Å². The van der Waals surface area contributed by atoms with Crippen LogP contribution in [0.2, 0.25) is 0 Å². The first-order chi connectivity index (χ1) is 30.0. The highest BCUT2D eigenvalue weighted by molar-refractivity contribution is 6.05. The standard InChI is InChI=1S/C49H52O14/c1-30(13-12-23-48(2,3)59-27-41(51)52)18-19-34-33(20-21-37-44(34)58-29-57-37)38-25-36(50)43-40(61-38)26-39(62-46(55)31-14-8-6-9-15-31)35(22-24-49(4,5)60-28-42(53)54)45(43)63-47(56)32-16-10-7-11-17-32/h6-11,14-18,20-21,26,38H,12-13,19,22-25,27-29H2,1-5H3,(H,51,52)(H,53,54)/b30-18+. The number of Topliss-reactive ketones (excluding diaryl/α,β-unsaturated/α-hetero) is 1. The van der Waals surface area contributed by atoms with Crippen LogP contribution in [0.3, 0.4) is 0 Å². The molecule has 4 aromatic rings. The van der Waals surface area contributed by atoms with Gasteiger partial charge in [0.1, 0.15) is 36.4 Å². The van der Waals surface area contributed by atoms with Crippen molar-refractivity contribution in [3.8, 4) is 28.7 Å². The van der Waals surface area contributed by atoms with Crippen LogP contribution in [0.25, 0.3) is 0 Å². The molecule has 0 saturated heterocycles. The summed E-state index contributed by atoms with van der Waals surface area (Å²) in [5.74, 6) is -3.12. The molecular weight excluding hydrogens is 813 g/mol. The van der Waals surface area contributed by atoms with Gasteiger partial charge in [0, 0.05) is 22.8 Å². The Kier molecular flexibility index (Phi) is 14.7. The SMILES string of the molecule is C/C(=C\Cc1c(C2CC(=O)c3c(cc(OC(=O)c4ccccc4)c(CCC(C)(C)OCC(=O)O)c3OC(=O)c3ccccc3)O2)ccc2c1OCO2)CCCC(C)(C)OCC(=O)O. The van der Waals surface area contributed by atoms with E-state index in [0.717, 1.165) is 24.0 Å². The fourth-order valence-corrected chi connectivity index (χ4v) is 7.36.